The van der Waals surface area contributed by atoms with Gasteiger partial charge in [0.1, 0.15) is 0 Å². The first-order valence-electron chi connectivity index (χ1n) is 6.04. The molecule has 5 heteroatoms. The SMILES string of the molecule is Cc1nc(Cl)c(N2CC3CCC(C2)O3)nc1C. The van der Waals surface area contributed by atoms with Crippen molar-refractivity contribution in [1.82, 2.24) is 9.97 Å². The first kappa shape index (κ1) is 11.2. The molecule has 2 aliphatic rings. The van der Waals surface area contributed by atoms with Crippen molar-refractivity contribution < 1.29 is 4.74 Å². The smallest absolute Gasteiger partial charge is 0.171 e. The molecular weight excluding hydrogens is 238 g/mol. The van der Waals surface area contributed by atoms with Crippen LogP contribution in [0, 0.1) is 13.8 Å². The summed E-state index contributed by atoms with van der Waals surface area (Å²) in [5.74, 6) is 0.815. The van der Waals surface area contributed by atoms with E-state index in [2.05, 4.69) is 14.9 Å². The maximum absolute atomic E-state index is 6.19. The summed E-state index contributed by atoms with van der Waals surface area (Å²) in [5.41, 5.74) is 1.85. The Bertz CT molecular complexity index is 440. The maximum Gasteiger partial charge on any atom is 0.171 e. The number of ether oxygens (including phenoxy) is 1. The highest BCUT2D eigenvalue weighted by atomic mass is 35.5. The highest BCUT2D eigenvalue weighted by Gasteiger charge is 2.35. The highest BCUT2D eigenvalue weighted by Crippen LogP contribution is 2.31. The van der Waals surface area contributed by atoms with Crippen molar-refractivity contribution >= 4 is 17.4 Å². The summed E-state index contributed by atoms with van der Waals surface area (Å²) in [4.78, 5) is 11.1. The van der Waals surface area contributed by atoms with Gasteiger partial charge in [-0.2, -0.15) is 0 Å². The highest BCUT2D eigenvalue weighted by molar-refractivity contribution is 6.31. The van der Waals surface area contributed by atoms with Crippen LogP contribution in [0.3, 0.4) is 0 Å². The molecule has 0 radical (unpaired) electrons. The van der Waals surface area contributed by atoms with Crippen LogP contribution in [0.25, 0.3) is 0 Å². The zero-order valence-electron chi connectivity index (χ0n) is 10.1. The number of aryl methyl sites for hydroxylation is 2. The standard InChI is InChI=1S/C12H16ClN3O/c1-7-8(2)15-12(11(13)14-7)16-5-9-3-4-10(6-16)17-9/h9-10H,3-6H2,1-2H3. The van der Waals surface area contributed by atoms with Gasteiger partial charge >= 0.3 is 0 Å². The lowest BCUT2D eigenvalue weighted by Gasteiger charge is -2.33. The van der Waals surface area contributed by atoms with E-state index in [1.54, 1.807) is 0 Å². The molecule has 2 atom stereocenters. The van der Waals surface area contributed by atoms with E-state index in [0.717, 1.165) is 43.1 Å². The Labute approximate surface area is 106 Å². The fourth-order valence-corrected chi connectivity index (χ4v) is 2.84. The average Bonchev–Trinajstić information content (AvgIpc) is 2.63. The summed E-state index contributed by atoms with van der Waals surface area (Å²) in [6.07, 6.45) is 2.98. The number of hydrogen-bond donors (Lipinski definition) is 0. The van der Waals surface area contributed by atoms with Crippen molar-refractivity contribution in [2.45, 2.75) is 38.9 Å². The fourth-order valence-electron chi connectivity index (χ4n) is 2.55. The fraction of sp³-hybridized carbons (Fsp3) is 0.667. The maximum atomic E-state index is 6.19. The molecule has 0 aromatic carbocycles. The van der Waals surface area contributed by atoms with Crippen molar-refractivity contribution in [3.05, 3.63) is 16.5 Å². The van der Waals surface area contributed by atoms with E-state index >= 15 is 0 Å². The quantitative estimate of drug-likeness (QED) is 0.769. The van der Waals surface area contributed by atoms with Gasteiger partial charge < -0.3 is 9.64 Å². The Hall–Kier alpha value is -0.870. The molecule has 0 aliphatic carbocycles. The predicted molar refractivity (Wildman–Crippen MR) is 66.6 cm³/mol. The number of hydrogen-bond acceptors (Lipinski definition) is 4. The van der Waals surface area contributed by atoms with Gasteiger partial charge in [-0.15, -0.1) is 0 Å². The monoisotopic (exact) mass is 253 g/mol. The molecule has 2 fully saturated rings. The molecule has 4 nitrogen and oxygen atoms in total. The van der Waals surface area contributed by atoms with Crippen molar-refractivity contribution in [2.75, 3.05) is 18.0 Å². The van der Waals surface area contributed by atoms with Crippen LogP contribution < -0.4 is 4.90 Å². The summed E-state index contributed by atoms with van der Waals surface area (Å²) < 4.78 is 5.81. The zero-order valence-corrected chi connectivity index (χ0v) is 10.9. The Morgan fingerprint density at radius 3 is 2.35 bits per heavy atom. The van der Waals surface area contributed by atoms with Gasteiger partial charge in [-0.05, 0) is 26.7 Å². The summed E-state index contributed by atoms with van der Waals surface area (Å²) in [5, 5.41) is 0.509. The lowest BCUT2D eigenvalue weighted by molar-refractivity contribution is 0.0302. The van der Waals surface area contributed by atoms with Gasteiger partial charge in [0.25, 0.3) is 0 Å². The Kier molecular flexibility index (Phi) is 2.71. The lowest BCUT2D eigenvalue weighted by atomic mass is 10.2. The van der Waals surface area contributed by atoms with Crippen LogP contribution >= 0.6 is 11.6 Å². The van der Waals surface area contributed by atoms with Crippen LogP contribution in [-0.4, -0.2) is 35.3 Å². The molecule has 0 N–H and O–H groups in total. The molecule has 92 valence electrons. The van der Waals surface area contributed by atoms with E-state index < -0.39 is 0 Å². The summed E-state index contributed by atoms with van der Waals surface area (Å²) >= 11 is 6.19. The van der Waals surface area contributed by atoms with E-state index in [1.165, 1.54) is 0 Å². The number of fused-ring (bicyclic) bond motifs is 2. The number of morpholine rings is 1. The second kappa shape index (κ2) is 4.10. The molecule has 2 aliphatic heterocycles. The largest absolute Gasteiger partial charge is 0.371 e. The second-order valence-corrected chi connectivity index (χ2v) is 5.23. The number of rotatable bonds is 1. The van der Waals surface area contributed by atoms with Gasteiger partial charge in [-0.3, -0.25) is 0 Å². The molecule has 0 spiro atoms. The van der Waals surface area contributed by atoms with E-state index in [4.69, 9.17) is 16.3 Å². The predicted octanol–water partition coefficient (Wildman–Crippen LogP) is 2.11. The van der Waals surface area contributed by atoms with Crippen molar-refractivity contribution in [1.29, 1.82) is 0 Å². The molecule has 1 aromatic rings. The van der Waals surface area contributed by atoms with E-state index in [-0.39, 0.29) is 0 Å². The van der Waals surface area contributed by atoms with Crippen LogP contribution in [-0.2, 0) is 4.74 Å². The molecule has 2 bridgehead atoms. The first-order valence-corrected chi connectivity index (χ1v) is 6.42. The molecule has 17 heavy (non-hydrogen) atoms. The van der Waals surface area contributed by atoms with Crippen LogP contribution in [0.1, 0.15) is 24.2 Å². The van der Waals surface area contributed by atoms with Crippen LogP contribution in [0.5, 0.6) is 0 Å². The molecule has 0 amide bonds. The minimum absolute atomic E-state index is 0.341. The molecule has 0 saturated carbocycles. The van der Waals surface area contributed by atoms with Gasteiger partial charge in [-0.1, -0.05) is 11.6 Å². The third kappa shape index (κ3) is 2.00. The summed E-state index contributed by atoms with van der Waals surface area (Å²) in [6, 6.07) is 0. The molecule has 2 saturated heterocycles. The van der Waals surface area contributed by atoms with Crippen LogP contribution in [0.2, 0.25) is 5.15 Å². The van der Waals surface area contributed by atoms with E-state index in [0.29, 0.717) is 17.4 Å². The van der Waals surface area contributed by atoms with Crippen molar-refractivity contribution in [3.8, 4) is 0 Å². The summed E-state index contributed by atoms with van der Waals surface area (Å²) in [7, 11) is 0. The van der Waals surface area contributed by atoms with Gasteiger partial charge in [0, 0.05) is 13.1 Å². The van der Waals surface area contributed by atoms with E-state index in [9.17, 15) is 0 Å². The Morgan fingerprint density at radius 2 is 1.71 bits per heavy atom. The van der Waals surface area contributed by atoms with Crippen molar-refractivity contribution in [2.24, 2.45) is 0 Å². The lowest BCUT2D eigenvalue weighted by Crippen LogP contribution is -2.43. The average molecular weight is 254 g/mol. The van der Waals surface area contributed by atoms with Gasteiger partial charge in [0.05, 0.1) is 23.6 Å². The first-order chi connectivity index (χ1) is 8.13. The molecular formula is C12H16ClN3O. The number of nitrogens with zero attached hydrogens (tertiary/aromatic N) is 3. The van der Waals surface area contributed by atoms with E-state index in [1.807, 2.05) is 13.8 Å². The van der Waals surface area contributed by atoms with Gasteiger partial charge in [-0.25, -0.2) is 9.97 Å². The molecule has 3 rings (SSSR count). The minimum Gasteiger partial charge on any atom is -0.371 e. The normalized spacial score (nSPS) is 27.6. The molecule has 1 aromatic heterocycles. The van der Waals surface area contributed by atoms with Gasteiger partial charge in [0.15, 0.2) is 11.0 Å². The topological polar surface area (TPSA) is 38.2 Å². The Balaban J connectivity index is 1.91. The number of aromatic nitrogens is 2. The Morgan fingerprint density at radius 1 is 1.12 bits per heavy atom. The van der Waals surface area contributed by atoms with Crippen molar-refractivity contribution in [3.63, 3.8) is 0 Å². The minimum atomic E-state index is 0.341. The van der Waals surface area contributed by atoms with Crippen LogP contribution in [0.4, 0.5) is 5.82 Å². The number of anilines is 1. The third-order valence-electron chi connectivity index (χ3n) is 3.59. The zero-order chi connectivity index (χ0) is 12.0. The molecule has 3 heterocycles. The van der Waals surface area contributed by atoms with Crippen LogP contribution in [0.15, 0.2) is 0 Å². The third-order valence-corrected chi connectivity index (χ3v) is 3.84. The number of halogens is 1. The summed E-state index contributed by atoms with van der Waals surface area (Å²) in [6.45, 7) is 5.67. The second-order valence-electron chi connectivity index (χ2n) is 4.87. The van der Waals surface area contributed by atoms with Gasteiger partial charge in [0.2, 0.25) is 0 Å². The molecule has 2 unspecified atom stereocenters.